The highest BCUT2D eigenvalue weighted by Crippen LogP contribution is 2.39. The van der Waals surface area contributed by atoms with Crippen LogP contribution < -0.4 is 4.72 Å². The van der Waals surface area contributed by atoms with Crippen molar-refractivity contribution in [2.24, 2.45) is 17.8 Å². The van der Waals surface area contributed by atoms with Gasteiger partial charge in [-0.1, -0.05) is 13.8 Å². The first-order valence-corrected chi connectivity index (χ1v) is 9.56. The molecule has 24 heavy (non-hydrogen) atoms. The van der Waals surface area contributed by atoms with E-state index in [1.54, 1.807) is 0 Å². The van der Waals surface area contributed by atoms with Gasteiger partial charge in [0.15, 0.2) is 0 Å². The molecule has 0 radical (unpaired) electrons. The number of aromatic nitrogens is 2. The fraction of sp³-hybridized carbons (Fsp3) is 0.500. The largest absolute Gasteiger partial charge is 0.423 e. The van der Waals surface area contributed by atoms with Crippen LogP contribution in [0.25, 0.3) is 11.5 Å². The molecular formula is C16H20FN3O3S. The summed E-state index contributed by atoms with van der Waals surface area (Å²) >= 11 is 0. The van der Waals surface area contributed by atoms with E-state index in [-0.39, 0.29) is 28.8 Å². The normalized spacial score (nSPS) is 20.8. The molecule has 0 unspecified atom stereocenters. The number of halogens is 1. The molecule has 1 aliphatic rings. The highest BCUT2D eigenvalue weighted by Gasteiger charge is 2.34. The van der Waals surface area contributed by atoms with Crippen LogP contribution in [0.4, 0.5) is 10.1 Å². The van der Waals surface area contributed by atoms with Gasteiger partial charge in [0.05, 0.1) is 17.0 Å². The van der Waals surface area contributed by atoms with E-state index >= 15 is 0 Å². The van der Waals surface area contributed by atoms with Crippen molar-refractivity contribution >= 4 is 15.7 Å². The monoisotopic (exact) mass is 353 g/mol. The number of benzene rings is 1. The molecule has 1 aromatic heterocycles. The minimum atomic E-state index is -3.50. The molecule has 1 aliphatic carbocycles. The number of rotatable bonds is 6. The molecule has 0 bridgehead atoms. The average Bonchev–Trinajstić information content (AvgIpc) is 2.95. The predicted molar refractivity (Wildman–Crippen MR) is 88.2 cm³/mol. The van der Waals surface area contributed by atoms with Crippen molar-refractivity contribution in [1.29, 1.82) is 0 Å². The molecule has 0 saturated heterocycles. The first-order valence-electron chi connectivity index (χ1n) is 7.90. The van der Waals surface area contributed by atoms with Gasteiger partial charge in [-0.05, 0) is 48.8 Å². The maximum absolute atomic E-state index is 14.1. The molecule has 1 heterocycles. The summed E-state index contributed by atoms with van der Waals surface area (Å²) in [5.74, 6) is 0.875. The van der Waals surface area contributed by atoms with Gasteiger partial charge < -0.3 is 4.42 Å². The predicted octanol–water partition coefficient (Wildman–Crippen LogP) is 3.30. The van der Waals surface area contributed by atoms with Crippen molar-refractivity contribution in [2.45, 2.75) is 26.7 Å². The molecule has 130 valence electrons. The van der Waals surface area contributed by atoms with Crippen LogP contribution in [0.5, 0.6) is 0 Å². The first kappa shape index (κ1) is 16.9. The van der Waals surface area contributed by atoms with Crippen molar-refractivity contribution < 1.29 is 17.2 Å². The van der Waals surface area contributed by atoms with Gasteiger partial charge in [0.1, 0.15) is 5.82 Å². The molecule has 1 N–H and O–H groups in total. The van der Waals surface area contributed by atoms with Crippen molar-refractivity contribution in [1.82, 2.24) is 10.2 Å². The molecule has 0 atom stereocenters. The second-order valence-corrected chi connectivity index (χ2v) is 8.43. The van der Waals surface area contributed by atoms with E-state index in [4.69, 9.17) is 4.42 Å². The van der Waals surface area contributed by atoms with Crippen LogP contribution >= 0.6 is 0 Å². The Kier molecular flexibility index (Phi) is 4.58. The van der Waals surface area contributed by atoms with Crippen molar-refractivity contribution in [3.05, 3.63) is 30.4 Å². The highest BCUT2D eigenvalue weighted by atomic mass is 32.2. The van der Waals surface area contributed by atoms with Crippen molar-refractivity contribution in [3.8, 4) is 11.5 Å². The smallest absolute Gasteiger partial charge is 0.250 e. The minimum absolute atomic E-state index is 0.0519. The van der Waals surface area contributed by atoms with Gasteiger partial charge in [-0.15, -0.1) is 10.2 Å². The zero-order valence-electron chi connectivity index (χ0n) is 13.6. The molecule has 8 heteroatoms. The topological polar surface area (TPSA) is 85.1 Å². The molecular weight excluding hydrogens is 333 g/mol. The Morgan fingerprint density at radius 2 is 2.12 bits per heavy atom. The summed E-state index contributed by atoms with van der Waals surface area (Å²) in [6, 6.07) is 4.02. The zero-order valence-corrected chi connectivity index (χ0v) is 14.4. The van der Waals surface area contributed by atoms with Crippen LogP contribution in [0.1, 0.15) is 26.7 Å². The van der Waals surface area contributed by atoms with Crippen LogP contribution in [-0.2, 0) is 10.0 Å². The van der Waals surface area contributed by atoms with E-state index in [0.29, 0.717) is 11.8 Å². The first-order chi connectivity index (χ1) is 11.3. The number of hydrogen-bond donors (Lipinski definition) is 1. The fourth-order valence-corrected chi connectivity index (χ4v) is 4.50. The van der Waals surface area contributed by atoms with Crippen LogP contribution in [-0.4, -0.2) is 24.4 Å². The Bertz CT molecular complexity index is 800. The maximum atomic E-state index is 14.1. The molecule has 0 spiro atoms. The van der Waals surface area contributed by atoms with E-state index in [1.165, 1.54) is 12.1 Å². The number of nitrogens with one attached hydrogen (secondary N) is 1. The highest BCUT2D eigenvalue weighted by molar-refractivity contribution is 7.92. The third-order valence-electron chi connectivity index (χ3n) is 4.50. The Morgan fingerprint density at radius 3 is 2.71 bits per heavy atom. The van der Waals surface area contributed by atoms with Crippen LogP contribution in [0.3, 0.4) is 0 Å². The van der Waals surface area contributed by atoms with Gasteiger partial charge in [-0.3, -0.25) is 4.72 Å². The molecule has 0 amide bonds. The van der Waals surface area contributed by atoms with E-state index in [1.807, 2.05) is 0 Å². The van der Waals surface area contributed by atoms with Gasteiger partial charge in [-0.2, -0.15) is 0 Å². The Morgan fingerprint density at radius 1 is 1.38 bits per heavy atom. The summed E-state index contributed by atoms with van der Waals surface area (Å²) in [6.45, 7) is 4.31. The van der Waals surface area contributed by atoms with Crippen LogP contribution in [0.15, 0.2) is 29.0 Å². The zero-order chi connectivity index (χ0) is 17.3. The number of hydrogen-bond acceptors (Lipinski definition) is 5. The van der Waals surface area contributed by atoms with Crippen molar-refractivity contribution in [2.75, 3.05) is 10.5 Å². The SMILES string of the molecule is CC(C)C1CC(CS(=O)(=O)Nc2ccc(-c3nnco3)c(F)c2)C1. The molecule has 1 saturated carbocycles. The van der Waals surface area contributed by atoms with Crippen LogP contribution in [0, 0.1) is 23.6 Å². The Labute approximate surface area is 140 Å². The van der Waals surface area contributed by atoms with Gasteiger partial charge in [0.25, 0.3) is 0 Å². The third kappa shape index (κ3) is 3.75. The van der Waals surface area contributed by atoms with E-state index < -0.39 is 15.8 Å². The summed E-state index contributed by atoms with van der Waals surface area (Å²) in [5.41, 5.74) is 0.324. The summed E-state index contributed by atoms with van der Waals surface area (Å²) in [4.78, 5) is 0. The number of anilines is 1. The maximum Gasteiger partial charge on any atom is 0.250 e. The number of sulfonamides is 1. The lowest BCUT2D eigenvalue weighted by Crippen LogP contribution is -2.34. The molecule has 0 aliphatic heterocycles. The van der Waals surface area contributed by atoms with E-state index in [2.05, 4.69) is 28.8 Å². The summed E-state index contributed by atoms with van der Waals surface area (Å²) in [5, 5.41) is 7.13. The second kappa shape index (κ2) is 6.51. The third-order valence-corrected chi connectivity index (χ3v) is 5.96. The van der Waals surface area contributed by atoms with Crippen molar-refractivity contribution in [3.63, 3.8) is 0 Å². The summed E-state index contributed by atoms with van der Waals surface area (Å²) < 4.78 is 46.0. The molecule has 6 nitrogen and oxygen atoms in total. The number of nitrogens with zero attached hydrogens (tertiary/aromatic N) is 2. The molecule has 3 rings (SSSR count). The lowest BCUT2D eigenvalue weighted by molar-refractivity contribution is 0.158. The van der Waals surface area contributed by atoms with Gasteiger partial charge in [0, 0.05) is 0 Å². The quantitative estimate of drug-likeness (QED) is 0.861. The molecule has 2 aromatic rings. The van der Waals surface area contributed by atoms with Gasteiger partial charge in [-0.25, -0.2) is 12.8 Å². The summed E-state index contributed by atoms with van der Waals surface area (Å²) in [6.07, 6.45) is 2.97. The Hall–Kier alpha value is -1.96. The van der Waals surface area contributed by atoms with Crippen LogP contribution in [0.2, 0.25) is 0 Å². The fourth-order valence-electron chi connectivity index (χ4n) is 3.04. The van der Waals surface area contributed by atoms with Gasteiger partial charge in [0.2, 0.25) is 22.3 Å². The lowest BCUT2D eigenvalue weighted by atomic mass is 9.70. The Balaban J connectivity index is 1.64. The van der Waals surface area contributed by atoms with Gasteiger partial charge >= 0.3 is 0 Å². The lowest BCUT2D eigenvalue weighted by Gasteiger charge is -2.37. The molecule has 1 fully saturated rings. The average molecular weight is 353 g/mol. The minimum Gasteiger partial charge on any atom is -0.423 e. The summed E-state index contributed by atoms with van der Waals surface area (Å²) in [7, 11) is -3.50. The van der Waals surface area contributed by atoms with E-state index in [9.17, 15) is 12.8 Å². The second-order valence-electron chi connectivity index (χ2n) is 6.66. The standard InChI is InChI=1S/C16H20FN3O3S/c1-10(2)12-5-11(6-12)8-24(21,22)20-13-3-4-14(15(17)7-13)16-19-18-9-23-16/h3-4,7,9-12,20H,5-6,8H2,1-2H3. The van der Waals surface area contributed by atoms with E-state index in [0.717, 1.165) is 25.3 Å². The molecule has 1 aromatic carbocycles.